The Kier molecular flexibility index (Phi) is 3.40. The Morgan fingerprint density at radius 2 is 1.87 bits per heavy atom. The van der Waals surface area contributed by atoms with Crippen molar-refractivity contribution in [3.8, 4) is 22.6 Å². The van der Waals surface area contributed by atoms with Gasteiger partial charge in [-0.2, -0.15) is 5.10 Å². The molecule has 0 amide bonds. The molecule has 2 aromatic heterocycles. The molecule has 0 saturated heterocycles. The van der Waals surface area contributed by atoms with E-state index in [-0.39, 0.29) is 6.61 Å². The minimum absolute atomic E-state index is 0.0770. The van der Waals surface area contributed by atoms with Gasteiger partial charge in [-0.25, -0.2) is 4.98 Å². The van der Waals surface area contributed by atoms with Gasteiger partial charge in [0.1, 0.15) is 5.82 Å². The summed E-state index contributed by atoms with van der Waals surface area (Å²) < 4.78 is 2.06. The van der Waals surface area contributed by atoms with Crippen molar-refractivity contribution in [2.45, 2.75) is 6.54 Å². The van der Waals surface area contributed by atoms with Gasteiger partial charge in [-0.1, -0.05) is 30.3 Å². The van der Waals surface area contributed by atoms with Crippen molar-refractivity contribution < 1.29 is 5.11 Å². The lowest BCUT2D eigenvalue weighted by Crippen LogP contribution is -2.04. The second kappa shape index (κ2) is 5.70. The van der Waals surface area contributed by atoms with E-state index in [0.29, 0.717) is 6.54 Å². The van der Waals surface area contributed by atoms with Gasteiger partial charge < -0.3 is 9.67 Å². The Bertz CT molecular complexity index is 941. The van der Waals surface area contributed by atoms with Gasteiger partial charge in [-0.05, 0) is 24.3 Å². The molecule has 0 saturated carbocycles. The first-order chi connectivity index (χ1) is 11.4. The van der Waals surface area contributed by atoms with Crippen LogP contribution < -0.4 is 0 Å². The molecule has 23 heavy (non-hydrogen) atoms. The third-order valence-electron chi connectivity index (χ3n) is 3.91. The van der Waals surface area contributed by atoms with Crippen molar-refractivity contribution >= 4 is 11.0 Å². The number of nitrogens with one attached hydrogen (secondary N) is 1. The van der Waals surface area contributed by atoms with Gasteiger partial charge in [-0.3, -0.25) is 5.10 Å². The van der Waals surface area contributed by atoms with Crippen LogP contribution in [0.3, 0.4) is 0 Å². The molecular weight excluding hydrogens is 288 g/mol. The quantitative estimate of drug-likeness (QED) is 0.609. The largest absolute Gasteiger partial charge is 0.395 e. The van der Waals surface area contributed by atoms with Crippen LogP contribution in [0.5, 0.6) is 0 Å². The highest BCUT2D eigenvalue weighted by Crippen LogP contribution is 2.27. The molecule has 0 radical (unpaired) electrons. The molecule has 2 N–H and O–H groups in total. The highest BCUT2D eigenvalue weighted by atomic mass is 16.3. The molecular formula is C18H16N4O. The number of fused-ring (bicyclic) bond motifs is 1. The van der Waals surface area contributed by atoms with E-state index in [1.807, 2.05) is 48.5 Å². The van der Waals surface area contributed by atoms with Crippen LogP contribution in [0.25, 0.3) is 33.7 Å². The van der Waals surface area contributed by atoms with E-state index in [0.717, 1.165) is 33.7 Å². The van der Waals surface area contributed by atoms with Gasteiger partial charge >= 0.3 is 0 Å². The van der Waals surface area contributed by atoms with Crippen LogP contribution in [0.1, 0.15) is 0 Å². The molecule has 5 nitrogen and oxygen atoms in total. The van der Waals surface area contributed by atoms with Crippen LogP contribution in [0.2, 0.25) is 0 Å². The average molecular weight is 304 g/mol. The summed E-state index contributed by atoms with van der Waals surface area (Å²) in [6.45, 7) is 0.595. The lowest BCUT2D eigenvalue weighted by atomic mass is 10.1. The van der Waals surface area contributed by atoms with Gasteiger partial charge in [0.2, 0.25) is 0 Å². The fourth-order valence-corrected chi connectivity index (χ4v) is 2.86. The van der Waals surface area contributed by atoms with Crippen molar-refractivity contribution in [3.05, 3.63) is 60.8 Å². The maximum Gasteiger partial charge on any atom is 0.141 e. The third kappa shape index (κ3) is 2.41. The topological polar surface area (TPSA) is 66.7 Å². The van der Waals surface area contributed by atoms with E-state index < -0.39 is 0 Å². The molecule has 2 aromatic carbocycles. The van der Waals surface area contributed by atoms with Gasteiger partial charge in [0.05, 0.1) is 23.3 Å². The van der Waals surface area contributed by atoms with Crippen LogP contribution in [0, 0.1) is 0 Å². The van der Waals surface area contributed by atoms with Crippen molar-refractivity contribution in [2.75, 3.05) is 6.61 Å². The minimum Gasteiger partial charge on any atom is -0.395 e. The Morgan fingerprint density at radius 1 is 1.00 bits per heavy atom. The maximum atomic E-state index is 9.41. The van der Waals surface area contributed by atoms with Crippen molar-refractivity contribution in [3.63, 3.8) is 0 Å². The molecule has 0 aliphatic rings. The number of H-pyrrole nitrogens is 1. The Morgan fingerprint density at radius 3 is 2.70 bits per heavy atom. The van der Waals surface area contributed by atoms with Gasteiger partial charge in [0, 0.05) is 23.9 Å². The molecule has 0 bridgehead atoms. The van der Waals surface area contributed by atoms with Crippen molar-refractivity contribution in [1.29, 1.82) is 0 Å². The molecule has 114 valence electrons. The number of hydrogen-bond donors (Lipinski definition) is 2. The zero-order valence-electron chi connectivity index (χ0n) is 12.5. The molecule has 0 unspecified atom stereocenters. The van der Waals surface area contributed by atoms with Gasteiger partial charge in [0.15, 0.2) is 0 Å². The minimum atomic E-state index is 0.0770. The van der Waals surface area contributed by atoms with Gasteiger partial charge in [0.25, 0.3) is 0 Å². The highest BCUT2D eigenvalue weighted by molar-refractivity contribution is 5.81. The average Bonchev–Trinajstić information content (AvgIpc) is 3.24. The number of aromatic nitrogens is 4. The van der Waals surface area contributed by atoms with E-state index >= 15 is 0 Å². The summed E-state index contributed by atoms with van der Waals surface area (Å²) in [5.74, 6) is 0.863. The molecule has 0 aliphatic carbocycles. The predicted molar refractivity (Wildman–Crippen MR) is 89.8 cm³/mol. The lowest BCUT2D eigenvalue weighted by Gasteiger charge is -2.08. The number of imidazole rings is 1. The maximum absolute atomic E-state index is 9.41. The first kappa shape index (κ1) is 13.7. The molecule has 2 heterocycles. The van der Waals surface area contributed by atoms with Crippen LogP contribution >= 0.6 is 0 Å². The Balaban J connectivity index is 1.89. The molecule has 5 heteroatoms. The normalized spacial score (nSPS) is 11.2. The van der Waals surface area contributed by atoms with Crippen LogP contribution in [-0.2, 0) is 6.54 Å². The smallest absolute Gasteiger partial charge is 0.141 e. The lowest BCUT2D eigenvalue weighted by molar-refractivity contribution is 0.278. The summed E-state index contributed by atoms with van der Waals surface area (Å²) in [5.41, 5.74) is 5.01. The highest BCUT2D eigenvalue weighted by Gasteiger charge is 2.12. The van der Waals surface area contributed by atoms with Crippen molar-refractivity contribution in [1.82, 2.24) is 19.7 Å². The van der Waals surface area contributed by atoms with E-state index in [2.05, 4.69) is 20.8 Å². The number of aromatic amines is 1. The van der Waals surface area contributed by atoms with Crippen LogP contribution in [-0.4, -0.2) is 31.5 Å². The SMILES string of the molecule is OCCn1c(-c2cccc(-c3ccn[nH]3)c2)nc2ccccc21. The van der Waals surface area contributed by atoms with Gasteiger partial charge in [-0.15, -0.1) is 0 Å². The zero-order valence-corrected chi connectivity index (χ0v) is 12.5. The van der Waals surface area contributed by atoms with E-state index in [1.165, 1.54) is 0 Å². The summed E-state index contributed by atoms with van der Waals surface area (Å²) in [6, 6.07) is 18.1. The van der Waals surface area contributed by atoms with Crippen LogP contribution in [0.4, 0.5) is 0 Å². The summed E-state index contributed by atoms with van der Waals surface area (Å²) in [4.78, 5) is 4.75. The summed E-state index contributed by atoms with van der Waals surface area (Å²) in [6.07, 6.45) is 1.74. The zero-order chi connectivity index (χ0) is 15.6. The number of para-hydroxylation sites is 2. The number of aliphatic hydroxyl groups excluding tert-OH is 1. The fourth-order valence-electron chi connectivity index (χ4n) is 2.86. The van der Waals surface area contributed by atoms with Crippen LogP contribution in [0.15, 0.2) is 60.8 Å². The Labute approximate surface area is 133 Å². The van der Waals surface area contributed by atoms with E-state index in [1.54, 1.807) is 6.20 Å². The number of benzene rings is 2. The van der Waals surface area contributed by atoms with Crippen molar-refractivity contribution in [2.24, 2.45) is 0 Å². The monoisotopic (exact) mass is 304 g/mol. The molecule has 0 spiro atoms. The number of aliphatic hydroxyl groups is 1. The Hall–Kier alpha value is -2.92. The standard InChI is InChI=1S/C18H16N4O/c23-11-10-22-17-7-2-1-6-16(17)20-18(22)14-5-3-4-13(12-14)15-8-9-19-21-15/h1-9,12,23H,10-11H2,(H,19,21). The summed E-state index contributed by atoms with van der Waals surface area (Å²) in [7, 11) is 0. The molecule has 4 aromatic rings. The summed E-state index contributed by atoms with van der Waals surface area (Å²) in [5, 5.41) is 16.4. The van der Waals surface area contributed by atoms with E-state index in [4.69, 9.17) is 4.98 Å². The second-order valence-corrected chi connectivity index (χ2v) is 5.35. The molecule has 0 atom stereocenters. The molecule has 0 aliphatic heterocycles. The number of nitrogens with zero attached hydrogens (tertiary/aromatic N) is 3. The fraction of sp³-hybridized carbons (Fsp3) is 0.111. The number of rotatable bonds is 4. The third-order valence-corrected chi connectivity index (χ3v) is 3.91. The summed E-state index contributed by atoms with van der Waals surface area (Å²) >= 11 is 0. The molecule has 0 fully saturated rings. The van der Waals surface area contributed by atoms with E-state index in [9.17, 15) is 5.11 Å². The first-order valence-electron chi connectivity index (χ1n) is 7.53. The number of hydrogen-bond acceptors (Lipinski definition) is 3. The molecule has 4 rings (SSSR count). The second-order valence-electron chi connectivity index (χ2n) is 5.35. The predicted octanol–water partition coefficient (Wildman–Crippen LogP) is 3.09. The first-order valence-corrected chi connectivity index (χ1v) is 7.53.